The van der Waals surface area contributed by atoms with Gasteiger partial charge in [-0.25, -0.2) is 18.9 Å². The van der Waals surface area contributed by atoms with Gasteiger partial charge >= 0.3 is 0 Å². The maximum Gasteiger partial charge on any atom is 0.255 e. The predicted octanol–water partition coefficient (Wildman–Crippen LogP) is 3.04. The molecule has 4 aromatic rings. The summed E-state index contributed by atoms with van der Waals surface area (Å²) in [5, 5.41) is 7.12. The maximum absolute atomic E-state index is 13.5. The second-order valence-corrected chi connectivity index (χ2v) is 7.03. The smallest absolute Gasteiger partial charge is 0.255 e. The van der Waals surface area contributed by atoms with Gasteiger partial charge in [0.15, 0.2) is 0 Å². The van der Waals surface area contributed by atoms with Gasteiger partial charge < -0.3 is 11.1 Å². The molecule has 0 radical (unpaired) electrons. The molecule has 1 aromatic carbocycles. The van der Waals surface area contributed by atoms with Crippen LogP contribution in [0.3, 0.4) is 0 Å². The predicted molar refractivity (Wildman–Crippen MR) is 115 cm³/mol. The highest BCUT2D eigenvalue weighted by molar-refractivity contribution is 6.00. The molecule has 0 spiro atoms. The minimum absolute atomic E-state index is 0.201. The van der Waals surface area contributed by atoms with Gasteiger partial charge in [0.05, 0.1) is 34.6 Å². The number of carbonyl (C=O) groups is 1. The molecule has 4 rings (SSSR count). The maximum atomic E-state index is 13.5. The van der Waals surface area contributed by atoms with E-state index in [2.05, 4.69) is 32.2 Å². The number of benzene rings is 1. The number of rotatable bonds is 3. The lowest BCUT2D eigenvalue weighted by molar-refractivity contribution is 0.0941. The summed E-state index contributed by atoms with van der Waals surface area (Å²) in [5.74, 6) is 5.63. The number of hydrogen-bond acceptors (Lipinski definition) is 5. The molecule has 154 valence electrons. The Labute approximate surface area is 178 Å². The lowest BCUT2D eigenvalue weighted by Crippen LogP contribution is -2.26. The molecule has 7 nitrogen and oxygen atoms in total. The summed E-state index contributed by atoms with van der Waals surface area (Å²) >= 11 is 0. The number of nitrogens with zero attached hydrogens (tertiary/aromatic N) is 4. The van der Waals surface area contributed by atoms with Crippen molar-refractivity contribution in [2.75, 3.05) is 5.73 Å². The first kappa shape index (κ1) is 20.0. The molecule has 1 amide bonds. The Morgan fingerprint density at radius 1 is 1.23 bits per heavy atom. The molecule has 3 heterocycles. The fourth-order valence-electron chi connectivity index (χ4n) is 3.11. The molecule has 3 N–H and O–H groups in total. The average Bonchev–Trinajstić information content (AvgIpc) is 3.16. The highest BCUT2D eigenvalue weighted by atomic mass is 19.1. The van der Waals surface area contributed by atoms with Gasteiger partial charge in [-0.2, -0.15) is 5.10 Å². The van der Waals surface area contributed by atoms with Gasteiger partial charge in [-0.05, 0) is 43.7 Å². The fourth-order valence-corrected chi connectivity index (χ4v) is 3.11. The number of nitrogens with one attached hydrogen (secondary N) is 1. The summed E-state index contributed by atoms with van der Waals surface area (Å²) in [6, 6.07) is 9.37. The van der Waals surface area contributed by atoms with E-state index in [1.807, 2.05) is 6.92 Å². The highest BCUT2D eigenvalue weighted by Crippen LogP contribution is 2.17. The molecule has 0 fully saturated rings. The van der Waals surface area contributed by atoms with Gasteiger partial charge in [-0.15, -0.1) is 0 Å². The third kappa shape index (κ3) is 4.36. The van der Waals surface area contributed by atoms with E-state index in [0.29, 0.717) is 33.5 Å². The first-order chi connectivity index (χ1) is 14.9. The van der Waals surface area contributed by atoms with Crippen molar-refractivity contribution in [1.29, 1.82) is 0 Å². The van der Waals surface area contributed by atoms with Crippen LogP contribution >= 0.6 is 0 Å². The van der Waals surface area contributed by atoms with Crippen molar-refractivity contribution in [3.05, 3.63) is 88.8 Å². The number of carbonyl (C=O) groups excluding carboxylic acids is 1. The second kappa shape index (κ2) is 8.24. The third-order valence-electron chi connectivity index (χ3n) is 4.80. The van der Waals surface area contributed by atoms with Crippen molar-refractivity contribution in [1.82, 2.24) is 24.9 Å². The third-order valence-corrected chi connectivity index (χ3v) is 4.80. The summed E-state index contributed by atoms with van der Waals surface area (Å²) in [5.41, 5.74) is 9.33. The normalized spacial score (nSPS) is 11.6. The number of anilines is 1. The highest BCUT2D eigenvalue weighted by Gasteiger charge is 2.16. The number of aromatic nitrogens is 4. The number of hydrogen-bond donors (Lipinski definition) is 2. The van der Waals surface area contributed by atoms with Gasteiger partial charge in [0.1, 0.15) is 5.82 Å². The van der Waals surface area contributed by atoms with Crippen LogP contribution < -0.4 is 11.1 Å². The molecular formula is C23H19FN6O. The van der Waals surface area contributed by atoms with Crippen LogP contribution in [0.4, 0.5) is 10.3 Å². The van der Waals surface area contributed by atoms with Crippen molar-refractivity contribution >= 4 is 17.4 Å². The van der Waals surface area contributed by atoms with Crippen LogP contribution in [0.15, 0.2) is 55.0 Å². The zero-order chi connectivity index (χ0) is 22.0. The molecule has 0 aliphatic heterocycles. The van der Waals surface area contributed by atoms with Crippen LogP contribution in [0.25, 0.3) is 5.52 Å². The van der Waals surface area contributed by atoms with E-state index < -0.39 is 0 Å². The summed E-state index contributed by atoms with van der Waals surface area (Å²) in [6.45, 7) is 3.61. The van der Waals surface area contributed by atoms with Crippen LogP contribution in [0.5, 0.6) is 0 Å². The minimum atomic E-state index is -0.366. The Kier molecular flexibility index (Phi) is 5.33. The van der Waals surface area contributed by atoms with E-state index in [0.717, 1.165) is 0 Å². The number of fused-ring (bicyclic) bond motifs is 1. The molecule has 3 aromatic heterocycles. The SMILES string of the molecule is Cc1nc(N)ncc1C#Cc1ccn2ncc(C(=O)N[C@@H](C)c3cccc(F)c3)c2c1. The zero-order valence-corrected chi connectivity index (χ0v) is 16.9. The molecule has 0 aliphatic carbocycles. The molecule has 0 unspecified atom stereocenters. The monoisotopic (exact) mass is 414 g/mol. The van der Waals surface area contributed by atoms with Crippen LogP contribution in [-0.2, 0) is 0 Å². The van der Waals surface area contributed by atoms with Crippen molar-refractivity contribution in [3.8, 4) is 11.8 Å². The standard InChI is InChI=1S/C23H19FN6O/c1-14(17-4-3-5-19(24)11-17)28-22(31)20-13-27-30-9-8-16(10-21(20)30)6-7-18-12-26-23(25)29-15(18)2/h3-5,8-14H,1-2H3,(H,28,31)(H2,25,26,29)/t14-/m0/s1. The van der Waals surface area contributed by atoms with Crippen molar-refractivity contribution in [2.45, 2.75) is 19.9 Å². The van der Waals surface area contributed by atoms with Crippen LogP contribution in [0, 0.1) is 24.6 Å². The first-order valence-electron chi connectivity index (χ1n) is 9.55. The zero-order valence-electron chi connectivity index (χ0n) is 16.9. The molecule has 8 heteroatoms. The molecule has 0 aliphatic rings. The largest absolute Gasteiger partial charge is 0.368 e. The topological polar surface area (TPSA) is 98.2 Å². The van der Waals surface area contributed by atoms with E-state index in [-0.39, 0.29) is 23.7 Å². The Balaban J connectivity index is 1.60. The quantitative estimate of drug-likeness (QED) is 0.502. The lowest BCUT2D eigenvalue weighted by atomic mass is 10.1. The molecular weight excluding hydrogens is 395 g/mol. The molecule has 1 atom stereocenters. The van der Waals surface area contributed by atoms with Crippen LogP contribution in [0.1, 0.15) is 45.7 Å². The fraction of sp³-hybridized carbons (Fsp3) is 0.130. The minimum Gasteiger partial charge on any atom is -0.368 e. The van der Waals surface area contributed by atoms with E-state index >= 15 is 0 Å². The van der Waals surface area contributed by atoms with Gasteiger partial charge in [-0.3, -0.25) is 4.79 Å². The summed E-state index contributed by atoms with van der Waals surface area (Å²) in [4.78, 5) is 20.9. The van der Waals surface area contributed by atoms with Crippen molar-refractivity contribution < 1.29 is 9.18 Å². The van der Waals surface area contributed by atoms with Crippen LogP contribution in [-0.4, -0.2) is 25.5 Å². The van der Waals surface area contributed by atoms with Gasteiger partial charge in [0, 0.05) is 18.0 Å². The molecule has 0 saturated carbocycles. The van der Waals surface area contributed by atoms with E-state index in [4.69, 9.17) is 5.73 Å². The average molecular weight is 414 g/mol. The molecule has 31 heavy (non-hydrogen) atoms. The van der Waals surface area contributed by atoms with Crippen LogP contribution in [0.2, 0.25) is 0 Å². The second-order valence-electron chi connectivity index (χ2n) is 7.03. The summed E-state index contributed by atoms with van der Waals surface area (Å²) in [6.07, 6.45) is 4.81. The Hall–Kier alpha value is -4.25. The van der Waals surface area contributed by atoms with Crippen molar-refractivity contribution in [3.63, 3.8) is 0 Å². The lowest BCUT2D eigenvalue weighted by Gasteiger charge is -2.14. The summed E-state index contributed by atoms with van der Waals surface area (Å²) < 4.78 is 15.1. The van der Waals surface area contributed by atoms with Gasteiger partial charge in [0.2, 0.25) is 5.95 Å². The van der Waals surface area contributed by atoms with E-state index in [1.165, 1.54) is 18.3 Å². The number of pyridine rings is 1. The van der Waals surface area contributed by atoms with E-state index in [1.54, 1.807) is 48.1 Å². The number of amides is 1. The summed E-state index contributed by atoms with van der Waals surface area (Å²) in [7, 11) is 0. The Bertz CT molecular complexity index is 1350. The first-order valence-corrected chi connectivity index (χ1v) is 9.55. The Morgan fingerprint density at radius 2 is 2.06 bits per heavy atom. The Morgan fingerprint density at radius 3 is 2.84 bits per heavy atom. The number of aryl methyl sites for hydroxylation is 1. The van der Waals surface area contributed by atoms with E-state index in [9.17, 15) is 9.18 Å². The number of nitrogens with two attached hydrogens (primary N) is 1. The van der Waals surface area contributed by atoms with Gasteiger partial charge in [0.25, 0.3) is 5.91 Å². The molecule has 0 saturated heterocycles. The number of nitrogen functional groups attached to an aromatic ring is 1. The van der Waals surface area contributed by atoms with Crippen molar-refractivity contribution in [2.24, 2.45) is 0 Å². The molecule has 0 bridgehead atoms. The van der Waals surface area contributed by atoms with Gasteiger partial charge in [-0.1, -0.05) is 24.0 Å². The number of halogens is 1.